The Morgan fingerprint density at radius 1 is 1.33 bits per heavy atom. The molecule has 0 amide bonds. The van der Waals surface area contributed by atoms with Crippen LogP contribution in [-0.4, -0.2) is 39.1 Å². The molecule has 0 saturated heterocycles. The minimum Gasteiger partial charge on any atom is -0.318 e. The maximum atomic E-state index is 4.00. The molecule has 0 aromatic carbocycles. The predicted octanol–water partition coefficient (Wildman–Crippen LogP) is -1.41. The van der Waals surface area contributed by atoms with Gasteiger partial charge in [0.2, 0.25) is 0 Å². The lowest BCUT2D eigenvalue weighted by molar-refractivity contribution is 0.407. The number of hydrogen-bond acceptors (Lipinski definition) is 4. The van der Waals surface area contributed by atoms with Crippen molar-refractivity contribution in [2.45, 2.75) is 0 Å². The molecule has 0 aliphatic rings. The van der Waals surface area contributed by atoms with Crippen LogP contribution in [0.2, 0.25) is 0 Å². The zero-order valence-corrected chi connectivity index (χ0v) is 6.52. The molecule has 0 fully saturated rings. The quantitative estimate of drug-likeness (QED) is 0.327. The highest BCUT2D eigenvalue weighted by molar-refractivity contribution is 4.42. The van der Waals surface area contributed by atoms with Crippen molar-refractivity contribution in [3.05, 3.63) is 0 Å². The maximum Gasteiger partial charge on any atom is 0.0101 e. The average Bonchev–Trinajstić information content (AvgIpc) is 1.88. The molecule has 4 nitrogen and oxygen atoms in total. The summed E-state index contributed by atoms with van der Waals surface area (Å²) in [5.74, 6) is 8.00. The highest BCUT2D eigenvalue weighted by atomic mass is 15.1. The van der Waals surface area contributed by atoms with Crippen LogP contribution >= 0.6 is 0 Å². The molecule has 0 radical (unpaired) electrons. The van der Waals surface area contributed by atoms with Gasteiger partial charge in [0, 0.05) is 13.1 Å². The molecule has 5 N–H and O–H groups in total. The van der Waals surface area contributed by atoms with Crippen molar-refractivity contribution >= 4 is 0 Å². The van der Waals surface area contributed by atoms with Crippen LogP contribution in [0.1, 0.15) is 0 Å². The van der Waals surface area contributed by atoms with E-state index in [1.165, 1.54) is 0 Å². The van der Waals surface area contributed by atoms with E-state index in [2.05, 4.69) is 36.0 Å². The monoisotopic (exact) mass is 134 g/mol. The topological polar surface area (TPSA) is 67.3 Å². The Bertz CT molecular complexity index is 37.9. The molecule has 4 heteroatoms. The molecule has 0 spiro atoms. The molecule has 0 atom stereocenters. The summed E-state index contributed by atoms with van der Waals surface area (Å²) in [6.07, 6.45) is 0. The van der Waals surface area contributed by atoms with Crippen LogP contribution in [-0.2, 0) is 0 Å². The number of nitrogens with zero attached hydrogens (tertiary/aromatic N) is 1. The lowest BCUT2D eigenvalue weighted by Gasteiger charge is -2.06. The summed E-state index contributed by atoms with van der Waals surface area (Å²) < 4.78 is 0. The molecule has 0 bridgehead atoms. The van der Waals surface area contributed by atoms with E-state index >= 15 is 0 Å². The van der Waals surface area contributed by atoms with Crippen LogP contribution in [0.15, 0.2) is 0 Å². The van der Waals surface area contributed by atoms with Crippen molar-refractivity contribution in [3.63, 3.8) is 0 Å². The van der Waals surface area contributed by atoms with Crippen LogP contribution in [0.25, 0.3) is 0 Å². The molecular weight excluding hydrogens is 116 g/mol. The zero-order valence-electron chi connectivity index (χ0n) is 6.52. The van der Waals surface area contributed by atoms with Crippen LogP contribution < -0.4 is 17.0 Å². The number of hydrogen-bond donors (Lipinski definition) is 3. The largest absolute Gasteiger partial charge is 0.318 e. The highest BCUT2D eigenvalue weighted by Gasteiger charge is 1.82. The van der Waals surface area contributed by atoms with E-state index in [-0.39, 0.29) is 0 Å². The molecule has 9 heavy (non-hydrogen) atoms. The van der Waals surface area contributed by atoms with Gasteiger partial charge in [-0.3, -0.25) is 11.7 Å². The number of nitrogens with one attached hydrogen (secondary N) is 1. The van der Waals surface area contributed by atoms with Crippen molar-refractivity contribution in [2.75, 3.05) is 34.2 Å². The second kappa shape index (κ2) is 10.8. The first-order valence-corrected chi connectivity index (χ1v) is 2.90. The third kappa shape index (κ3) is 18.1. The zero-order chi connectivity index (χ0) is 7.70. The first kappa shape index (κ1) is 11.6. The summed E-state index contributed by atoms with van der Waals surface area (Å²) in [6, 6.07) is 0. The van der Waals surface area contributed by atoms with Gasteiger partial charge in [-0.1, -0.05) is 0 Å². The van der Waals surface area contributed by atoms with Crippen LogP contribution in [0, 0.1) is 0 Å². The van der Waals surface area contributed by atoms with Crippen molar-refractivity contribution in [1.82, 2.24) is 10.2 Å². The summed E-state index contributed by atoms with van der Waals surface area (Å²) in [5, 5.41) is 3.06. The van der Waals surface area contributed by atoms with Gasteiger partial charge in [-0.2, -0.15) is 0 Å². The summed E-state index contributed by atoms with van der Waals surface area (Å²) in [4.78, 5) is 2.15. The molecular formula is C5H18N4. The van der Waals surface area contributed by atoms with Gasteiger partial charge in [-0.05, 0) is 21.1 Å². The van der Waals surface area contributed by atoms with E-state index < -0.39 is 0 Å². The Morgan fingerprint density at radius 2 is 1.78 bits per heavy atom. The molecule has 0 aromatic heterocycles. The Kier molecular flexibility index (Phi) is 13.9. The summed E-state index contributed by atoms with van der Waals surface area (Å²) in [5.41, 5.74) is 0. The molecule has 58 valence electrons. The van der Waals surface area contributed by atoms with E-state index in [9.17, 15) is 0 Å². The van der Waals surface area contributed by atoms with Gasteiger partial charge >= 0.3 is 0 Å². The number of hydrazine groups is 1. The minimum absolute atomic E-state index is 1.08. The van der Waals surface area contributed by atoms with Gasteiger partial charge in [0.1, 0.15) is 0 Å². The van der Waals surface area contributed by atoms with Gasteiger partial charge in [0.15, 0.2) is 0 Å². The standard InChI is InChI=1S/C5H14N2.H4N2/c1-6-4-5-7(2)3;1-2/h6H,4-5H2,1-3H3;1-2H2. The van der Waals surface area contributed by atoms with Crippen LogP contribution in [0.3, 0.4) is 0 Å². The van der Waals surface area contributed by atoms with Crippen molar-refractivity contribution in [3.8, 4) is 0 Å². The fourth-order valence-electron chi connectivity index (χ4n) is 0.335. The molecule has 0 rings (SSSR count). The maximum absolute atomic E-state index is 4.00. The SMILES string of the molecule is CNCCN(C)C.NN. The second-order valence-corrected chi connectivity index (χ2v) is 1.91. The highest BCUT2D eigenvalue weighted by Crippen LogP contribution is 1.66. The molecule has 0 unspecified atom stereocenters. The minimum atomic E-state index is 1.08. The molecule has 0 aliphatic carbocycles. The third-order valence-corrected chi connectivity index (χ3v) is 0.809. The smallest absolute Gasteiger partial charge is 0.0101 e. The molecule has 0 aromatic rings. The first-order chi connectivity index (χ1) is 4.27. The lowest BCUT2D eigenvalue weighted by atomic mass is 10.6. The fourth-order valence-corrected chi connectivity index (χ4v) is 0.335. The van der Waals surface area contributed by atoms with Gasteiger partial charge in [-0.25, -0.2) is 0 Å². The van der Waals surface area contributed by atoms with E-state index in [1.807, 2.05) is 7.05 Å². The Morgan fingerprint density at radius 3 is 1.89 bits per heavy atom. The van der Waals surface area contributed by atoms with E-state index in [1.54, 1.807) is 0 Å². The Balaban J connectivity index is 0. The lowest BCUT2D eigenvalue weighted by Crippen LogP contribution is -2.23. The van der Waals surface area contributed by atoms with Gasteiger partial charge < -0.3 is 10.2 Å². The summed E-state index contributed by atoms with van der Waals surface area (Å²) >= 11 is 0. The summed E-state index contributed by atoms with van der Waals surface area (Å²) in [7, 11) is 6.10. The van der Waals surface area contributed by atoms with Gasteiger partial charge in [0.25, 0.3) is 0 Å². The number of rotatable bonds is 3. The van der Waals surface area contributed by atoms with E-state index in [0.717, 1.165) is 13.1 Å². The van der Waals surface area contributed by atoms with Crippen LogP contribution in [0.5, 0.6) is 0 Å². The molecule has 0 saturated carbocycles. The number of nitrogens with two attached hydrogens (primary N) is 2. The Labute approximate surface area is 57.2 Å². The second-order valence-electron chi connectivity index (χ2n) is 1.91. The number of likely N-dealkylation sites (N-methyl/N-ethyl adjacent to an activating group) is 2. The van der Waals surface area contributed by atoms with Crippen molar-refractivity contribution < 1.29 is 0 Å². The first-order valence-electron chi connectivity index (χ1n) is 2.90. The predicted molar refractivity (Wildman–Crippen MR) is 40.9 cm³/mol. The molecule has 0 heterocycles. The normalized spacial score (nSPS) is 8.67. The van der Waals surface area contributed by atoms with E-state index in [0.29, 0.717) is 0 Å². The fraction of sp³-hybridized carbons (Fsp3) is 1.00. The van der Waals surface area contributed by atoms with E-state index in [4.69, 9.17) is 0 Å². The van der Waals surface area contributed by atoms with Crippen molar-refractivity contribution in [2.24, 2.45) is 11.7 Å². The Hall–Kier alpha value is -0.160. The van der Waals surface area contributed by atoms with Crippen molar-refractivity contribution in [1.29, 1.82) is 0 Å². The summed E-state index contributed by atoms with van der Waals surface area (Å²) in [6.45, 7) is 2.20. The average molecular weight is 134 g/mol. The third-order valence-electron chi connectivity index (χ3n) is 0.809. The van der Waals surface area contributed by atoms with Gasteiger partial charge in [-0.15, -0.1) is 0 Å². The van der Waals surface area contributed by atoms with Gasteiger partial charge in [0.05, 0.1) is 0 Å². The molecule has 0 aliphatic heterocycles. The van der Waals surface area contributed by atoms with Crippen LogP contribution in [0.4, 0.5) is 0 Å².